The van der Waals surface area contributed by atoms with Crippen molar-refractivity contribution in [1.29, 1.82) is 0 Å². The van der Waals surface area contributed by atoms with Crippen LogP contribution in [0.2, 0.25) is 0 Å². The average Bonchev–Trinajstić information content (AvgIpc) is 2.77. The zero-order valence-electron chi connectivity index (χ0n) is 13.8. The van der Waals surface area contributed by atoms with Crippen molar-refractivity contribution in [2.75, 3.05) is 11.9 Å². The van der Waals surface area contributed by atoms with Gasteiger partial charge in [0.05, 0.1) is 5.69 Å². The van der Waals surface area contributed by atoms with Crippen LogP contribution in [0.15, 0.2) is 72.8 Å². The zero-order chi connectivity index (χ0) is 16.1. The van der Waals surface area contributed by atoms with Crippen molar-refractivity contribution in [3.63, 3.8) is 0 Å². The number of anilines is 2. The van der Waals surface area contributed by atoms with Crippen LogP contribution in [-0.2, 0) is 12.8 Å². The summed E-state index contributed by atoms with van der Waals surface area (Å²) in [7, 11) is 2.21. The molecule has 0 fully saturated rings. The molecule has 4 aromatic carbocycles. The summed E-state index contributed by atoms with van der Waals surface area (Å²) in [6.45, 7) is 0. The van der Waals surface area contributed by atoms with Gasteiger partial charge in [-0.25, -0.2) is 0 Å². The SMILES string of the molecule is CN1c2cc3ccccc3cc2CCc2ccc3ccccc3c21. The van der Waals surface area contributed by atoms with Gasteiger partial charge in [-0.2, -0.15) is 0 Å². The van der Waals surface area contributed by atoms with Crippen LogP contribution in [0.4, 0.5) is 11.4 Å². The molecule has 0 atom stereocenters. The first-order valence-corrected chi connectivity index (χ1v) is 8.57. The highest BCUT2D eigenvalue weighted by Crippen LogP contribution is 2.40. The van der Waals surface area contributed by atoms with E-state index < -0.39 is 0 Å². The fourth-order valence-corrected chi connectivity index (χ4v) is 4.08. The number of fused-ring (bicyclic) bond motifs is 5. The molecule has 0 spiro atoms. The standard InChI is InChI=1S/C23H19N/c1-24-22-15-19-8-3-2-7-18(19)14-20(22)13-12-17-11-10-16-6-4-5-9-21(16)23(17)24/h2-11,14-15H,12-13H2,1H3. The van der Waals surface area contributed by atoms with Gasteiger partial charge in [0.2, 0.25) is 0 Å². The molecule has 1 aliphatic rings. The Balaban J connectivity index is 1.81. The van der Waals surface area contributed by atoms with Gasteiger partial charge in [-0.3, -0.25) is 0 Å². The van der Waals surface area contributed by atoms with Gasteiger partial charge < -0.3 is 4.90 Å². The molecule has 1 heteroatoms. The van der Waals surface area contributed by atoms with E-state index in [2.05, 4.69) is 84.7 Å². The first kappa shape index (κ1) is 13.6. The third-order valence-electron chi connectivity index (χ3n) is 5.29. The Morgan fingerprint density at radius 2 is 1.33 bits per heavy atom. The summed E-state index contributed by atoms with van der Waals surface area (Å²) in [5.74, 6) is 0. The number of hydrogen-bond acceptors (Lipinski definition) is 1. The highest BCUT2D eigenvalue weighted by molar-refractivity contribution is 5.99. The molecule has 116 valence electrons. The van der Waals surface area contributed by atoms with E-state index in [1.54, 1.807) is 0 Å². The van der Waals surface area contributed by atoms with E-state index in [9.17, 15) is 0 Å². The molecule has 1 aliphatic heterocycles. The topological polar surface area (TPSA) is 3.24 Å². The summed E-state index contributed by atoms with van der Waals surface area (Å²) < 4.78 is 0. The third-order valence-corrected chi connectivity index (χ3v) is 5.29. The molecule has 1 nitrogen and oxygen atoms in total. The Bertz CT molecular complexity index is 1080. The molecule has 0 unspecified atom stereocenters. The first-order chi connectivity index (χ1) is 11.8. The highest BCUT2D eigenvalue weighted by Gasteiger charge is 2.20. The van der Waals surface area contributed by atoms with Crippen molar-refractivity contribution in [3.8, 4) is 0 Å². The van der Waals surface area contributed by atoms with Crippen LogP contribution in [0.25, 0.3) is 21.5 Å². The molecule has 0 radical (unpaired) electrons. The Kier molecular flexibility index (Phi) is 2.90. The summed E-state index contributed by atoms with van der Waals surface area (Å²) in [5.41, 5.74) is 5.58. The predicted octanol–water partition coefficient (Wildman–Crippen LogP) is 5.86. The Hall–Kier alpha value is -2.80. The summed E-state index contributed by atoms with van der Waals surface area (Å²) in [5, 5.41) is 5.30. The molecule has 5 rings (SSSR count). The second-order valence-corrected chi connectivity index (χ2v) is 6.68. The molecule has 0 amide bonds. The quantitative estimate of drug-likeness (QED) is 0.393. The summed E-state index contributed by atoms with van der Waals surface area (Å²) >= 11 is 0. The summed E-state index contributed by atoms with van der Waals surface area (Å²) in [4.78, 5) is 2.40. The predicted molar refractivity (Wildman–Crippen MR) is 103 cm³/mol. The fraction of sp³-hybridized carbons (Fsp3) is 0.130. The van der Waals surface area contributed by atoms with Crippen LogP contribution >= 0.6 is 0 Å². The Morgan fingerprint density at radius 3 is 2.17 bits per heavy atom. The Labute approximate surface area is 142 Å². The van der Waals surface area contributed by atoms with Gasteiger partial charge in [0.15, 0.2) is 0 Å². The fourth-order valence-electron chi connectivity index (χ4n) is 4.08. The first-order valence-electron chi connectivity index (χ1n) is 8.57. The normalized spacial score (nSPS) is 13.6. The van der Waals surface area contributed by atoms with Crippen molar-refractivity contribution in [1.82, 2.24) is 0 Å². The van der Waals surface area contributed by atoms with E-state index in [0.29, 0.717) is 0 Å². The number of rotatable bonds is 0. The van der Waals surface area contributed by atoms with Gasteiger partial charge in [0.1, 0.15) is 0 Å². The smallest absolute Gasteiger partial charge is 0.0520 e. The molecule has 0 aromatic heterocycles. The maximum absolute atomic E-state index is 2.40. The molecule has 0 saturated heterocycles. The number of benzene rings is 4. The van der Waals surface area contributed by atoms with E-state index in [0.717, 1.165) is 12.8 Å². The van der Waals surface area contributed by atoms with Crippen LogP contribution in [0.3, 0.4) is 0 Å². The van der Waals surface area contributed by atoms with Crippen LogP contribution in [0, 0.1) is 0 Å². The van der Waals surface area contributed by atoms with Crippen LogP contribution in [-0.4, -0.2) is 7.05 Å². The van der Waals surface area contributed by atoms with Crippen molar-refractivity contribution in [2.24, 2.45) is 0 Å². The molecule has 0 saturated carbocycles. The number of nitrogens with zero attached hydrogens (tertiary/aromatic N) is 1. The van der Waals surface area contributed by atoms with Gasteiger partial charge in [0, 0.05) is 18.1 Å². The van der Waals surface area contributed by atoms with E-state index in [1.165, 1.54) is 44.0 Å². The van der Waals surface area contributed by atoms with E-state index in [4.69, 9.17) is 0 Å². The monoisotopic (exact) mass is 309 g/mol. The molecular formula is C23H19N. The molecule has 0 bridgehead atoms. The summed E-state index contributed by atoms with van der Waals surface area (Å²) in [6, 6.07) is 26.7. The Morgan fingerprint density at radius 1 is 0.667 bits per heavy atom. The molecule has 4 aromatic rings. The maximum atomic E-state index is 2.40. The number of hydrogen-bond donors (Lipinski definition) is 0. The molecule has 0 N–H and O–H groups in total. The van der Waals surface area contributed by atoms with Gasteiger partial charge >= 0.3 is 0 Å². The summed E-state index contributed by atoms with van der Waals surface area (Å²) in [6.07, 6.45) is 2.19. The van der Waals surface area contributed by atoms with Gasteiger partial charge in [-0.05, 0) is 52.3 Å². The lowest BCUT2D eigenvalue weighted by molar-refractivity contribution is 0.981. The molecular weight excluding hydrogens is 290 g/mol. The second-order valence-electron chi connectivity index (χ2n) is 6.68. The minimum absolute atomic E-state index is 1.09. The van der Waals surface area contributed by atoms with Crippen molar-refractivity contribution >= 4 is 32.9 Å². The van der Waals surface area contributed by atoms with Crippen molar-refractivity contribution in [3.05, 3.63) is 83.9 Å². The van der Waals surface area contributed by atoms with E-state index in [-0.39, 0.29) is 0 Å². The van der Waals surface area contributed by atoms with E-state index >= 15 is 0 Å². The van der Waals surface area contributed by atoms with Crippen LogP contribution in [0.1, 0.15) is 11.1 Å². The average molecular weight is 309 g/mol. The molecule has 24 heavy (non-hydrogen) atoms. The largest absolute Gasteiger partial charge is 0.344 e. The lowest BCUT2D eigenvalue weighted by Crippen LogP contribution is -2.11. The highest BCUT2D eigenvalue weighted by atomic mass is 15.1. The zero-order valence-corrected chi connectivity index (χ0v) is 13.8. The third kappa shape index (κ3) is 1.94. The van der Waals surface area contributed by atoms with Crippen LogP contribution in [0.5, 0.6) is 0 Å². The van der Waals surface area contributed by atoms with Gasteiger partial charge in [0.25, 0.3) is 0 Å². The minimum Gasteiger partial charge on any atom is -0.344 e. The van der Waals surface area contributed by atoms with Gasteiger partial charge in [-0.15, -0.1) is 0 Å². The molecule has 1 heterocycles. The molecule has 0 aliphatic carbocycles. The second kappa shape index (κ2) is 5.10. The van der Waals surface area contributed by atoms with Crippen molar-refractivity contribution < 1.29 is 0 Å². The number of aryl methyl sites for hydroxylation is 2. The lowest BCUT2D eigenvalue weighted by atomic mass is 9.99. The minimum atomic E-state index is 1.09. The van der Waals surface area contributed by atoms with Crippen LogP contribution < -0.4 is 4.90 Å². The van der Waals surface area contributed by atoms with Crippen molar-refractivity contribution in [2.45, 2.75) is 12.8 Å². The van der Waals surface area contributed by atoms with Gasteiger partial charge in [-0.1, -0.05) is 60.7 Å². The van der Waals surface area contributed by atoms with E-state index in [1.807, 2.05) is 0 Å². The lowest BCUT2D eigenvalue weighted by Gasteiger charge is -2.24. The maximum Gasteiger partial charge on any atom is 0.0520 e.